The van der Waals surface area contributed by atoms with Crippen LogP contribution in [0.1, 0.15) is 105 Å². The first kappa shape index (κ1) is 58.8. The van der Waals surface area contributed by atoms with Crippen LogP contribution in [0.15, 0.2) is 30.3 Å². The zero-order valence-electron chi connectivity index (χ0n) is 39.2. The number of carboxylic acids is 2. The Hall–Kier alpha value is -6.20. The summed E-state index contributed by atoms with van der Waals surface area (Å²) in [6.07, 6.45) is -0.439. The van der Waals surface area contributed by atoms with Gasteiger partial charge in [-0.25, -0.2) is 4.79 Å². The van der Waals surface area contributed by atoms with E-state index in [1.807, 2.05) is 0 Å². The summed E-state index contributed by atoms with van der Waals surface area (Å²) < 4.78 is 0. The smallest absolute Gasteiger partial charge is 0.326 e. The van der Waals surface area contributed by atoms with Crippen LogP contribution in [0.25, 0.3) is 0 Å². The molecule has 0 saturated heterocycles. The van der Waals surface area contributed by atoms with Gasteiger partial charge < -0.3 is 64.1 Å². The quantitative estimate of drug-likeness (QED) is 0.0288. The molecule has 0 aliphatic heterocycles. The van der Waals surface area contributed by atoms with Crippen LogP contribution in [0.5, 0.6) is 0 Å². The number of primary amides is 1. The topological polar surface area (TPSA) is 380 Å². The van der Waals surface area contributed by atoms with Gasteiger partial charge >= 0.3 is 11.9 Å². The van der Waals surface area contributed by atoms with Gasteiger partial charge in [0.05, 0.1) is 13.0 Å². The van der Waals surface area contributed by atoms with Gasteiger partial charge in [0.25, 0.3) is 0 Å². The number of hydrogen-bond donors (Lipinski definition) is 13. The van der Waals surface area contributed by atoms with Gasteiger partial charge in [-0.15, -0.1) is 0 Å². The third kappa shape index (κ3) is 22.2. The Morgan fingerprint density at radius 1 is 0.597 bits per heavy atom. The molecule has 0 aromatic heterocycles. The van der Waals surface area contributed by atoms with E-state index in [0.717, 1.165) is 0 Å². The van der Waals surface area contributed by atoms with Crippen molar-refractivity contribution in [1.29, 1.82) is 0 Å². The van der Waals surface area contributed by atoms with Gasteiger partial charge in [0, 0.05) is 12.8 Å². The Kier molecular flexibility index (Phi) is 27.1. The zero-order valence-corrected chi connectivity index (χ0v) is 39.2. The Morgan fingerprint density at radius 2 is 1.07 bits per heavy atom. The Balaban J connectivity index is 3.58. The highest BCUT2D eigenvalue weighted by Gasteiger charge is 2.36. The molecule has 0 aliphatic carbocycles. The van der Waals surface area contributed by atoms with Crippen molar-refractivity contribution in [3.63, 3.8) is 0 Å². The fourth-order valence-corrected chi connectivity index (χ4v) is 6.75. The fraction of sp³-hybridized carbons (Fsp3) is 0.636. The summed E-state index contributed by atoms with van der Waals surface area (Å²) in [7, 11) is 0. The molecule has 9 atom stereocenters. The molecular weight excluding hydrogens is 877 g/mol. The SMILES string of the molecule is CC[C@H](C)[C@H](NC(=O)CNO)C(=O)N[C@H](C(=O)N[C@@H](CC(N)=O)C(=O)N[C@@H](Cc1ccccc1)C(=O)N[C@@H](CCC(=O)O)C(=O)N[C@@H](CCCCN)C(=O)N[C@@H](CC(C)C)C(=O)O)[C@@H](C)CC. The van der Waals surface area contributed by atoms with Crippen molar-refractivity contribution in [2.45, 2.75) is 148 Å². The molecule has 0 unspecified atom stereocenters. The van der Waals surface area contributed by atoms with Gasteiger partial charge in [0.1, 0.15) is 42.3 Å². The first-order valence-electron chi connectivity index (χ1n) is 22.5. The zero-order chi connectivity index (χ0) is 50.8. The lowest BCUT2D eigenvalue weighted by molar-refractivity contribution is -0.143. The molecule has 15 N–H and O–H groups in total. The summed E-state index contributed by atoms with van der Waals surface area (Å²) in [5.41, 5.74) is 13.4. The molecule has 1 aromatic carbocycles. The van der Waals surface area contributed by atoms with Gasteiger partial charge in [0.15, 0.2) is 0 Å². The van der Waals surface area contributed by atoms with Crippen LogP contribution < -0.4 is 54.2 Å². The number of carboxylic acid groups (broad SMARTS) is 2. The summed E-state index contributed by atoms with van der Waals surface area (Å²) >= 11 is 0. The second-order valence-electron chi connectivity index (χ2n) is 17.0. The van der Waals surface area contributed by atoms with E-state index in [2.05, 4.69) is 37.2 Å². The van der Waals surface area contributed by atoms with Crippen LogP contribution in [0, 0.1) is 17.8 Å². The maximum atomic E-state index is 14.2. The normalized spacial score (nSPS) is 15.1. The third-order valence-electron chi connectivity index (χ3n) is 11.0. The fourth-order valence-electron chi connectivity index (χ4n) is 6.75. The standard InChI is InChI=1S/C44H72N10O13/c1-7-25(5)36(53-34(56)23-47-67)43(64)54-37(26(6)8-2)42(63)51-31(22-33(46)55)41(62)50-30(21-27-14-10-9-11-15-27)40(61)49-29(17-18-35(57)58)39(60)48-28(16-12-13-19-45)38(59)52-32(44(65)66)20-24(3)4/h9-11,14-15,24-26,28-32,36-37,47,67H,7-8,12-13,16-23,45H2,1-6H3,(H2,46,55)(H,48,60)(H,49,61)(H,50,62)(H,51,63)(H,52,59)(H,53,56)(H,54,64)(H,57,58)(H,65,66)/t25-,26-,28-,29-,30-,31-,32-,36-,37-/m0/s1. The van der Waals surface area contributed by atoms with Gasteiger partial charge in [-0.2, -0.15) is 5.48 Å². The van der Waals surface area contributed by atoms with Gasteiger partial charge in [-0.3, -0.25) is 43.2 Å². The number of carbonyl (C=O) groups excluding carboxylic acids is 8. The minimum Gasteiger partial charge on any atom is -0.481 e. The predicted octanol–water partition coefficient (Wildman–Crippen LogP) is -1.31. The summed E-state index contributed by atoms with van der Waals surface area (Å²) in [5, 5.41) is 45.8. The second-order valence-corrected chi connectivity index (χ2v) is 17.0. The summed E-state index contributed by atoms with van der Waals surface area (Å²) in [6, 6.07) is -1.66. The number of carbonyl (C=O) groups is 10. The van der Waals surface area contributed by atoms with Crippen LogP contribution in [-0.2, 0) is 54.4 Å². The molecule has 23 nitrogen and oxygen atoms in total. The van der Waals surface area contributed by atoms with E-state index in [0.29, 0.717) is 31.2 Å². The van der Waals surface area contributed by atoms with E-state index in [-0.39, 0.29) is 31.7 Å². The summed E-state index contributed by atoms with van der Waals surface area (Å²) in [5.74, 6) is -11.0. The highest BCUT2D eigenvalue weighted by Crippen LogP contribution is 2.14. The van der Waals surface area contributed by atoms with Crippen molar-refractivity contribution < 1.29 is 63.4 Å². The van der Waals surface area contributed by atoms with Crippen molar-refractivity contribution in [3.8, 4) is 0 Å². The molecule has 0 radical (unpaired) electrons. The molecule has 8 amide bonds. The van der Waals surface area contributed by atoms with Crippen LogP contribution in [0.3, 0.4) is 0 Å². The highest BCUT2D eigenvalue weighted by molar-refractivity contribution is 5.99. The average Bonchev–Trinajstić information content (AvgIpc) is 3.26. The van der Waals surface area contributed by atoms with E-state index >= 15 is 0 Å². The molecule has 0 heterocycles. The molecular formula is C44H72N10O13. The van der Waals surface area contributed by atoms with Gasteiger partial charge in [0.2, 0.25) is 47.3 Å². The number of unbranched alkanes of at least 4 members (excludes halogenated alkanes) is 1. The number of hydroxylamine groups is 1. The molecule has 67 heavy (non-hydrogen) atoms. The lowest BCUT2D eigenvalue weighted by Gasteiger charge is -2.30. The third-order valence-corrected chi connectivity index (χ3v) is 11.0. The van der Waals surface area contributed by atoms with Crippen LogP contribution >= 0.6 is 0 Å². The number of amides is 8. The van der Waals surface area contributed by atoms with E-state index in [9.17, 15) is 58.2 Å². The van der Waals surface area contributed by atoms with E-state index < -0.39 is 139 Å². The van der Waals surface area contributed by atoms with Crippen LogP contribution in [0.2, 0.25) is 0 Å². The first-order chi connectivity index (χ1) is 31.6. The lowest BCUT2D eigenvalue weighted by atomic mass is 9.94. The van der Waals surface area contributed by atoms with Gasteiger partial charge in [-0.1, -0.05) is 84.7 Å². The maximum Gasteiger partial charge on any atom is 0.326 e. The van der Waals surface area contributed by atoms with Crippen molar-refractivity contribution in [2.75, 3.05) is 13.1 Å². The van der Waals surface area contributed by atoms with Crippen LogP contribution in [0.4, 0.5) is 0 Å². The van der Waals surface area contributed by atoms with Gasteiger partial charge in [-0.05, 0) is 62.0 Å². The number of hydrogen-bond acceptors (Lipinski definition) is 13. The average molecular weight is 949 g/mol. The minimum atomic E-state index is -1.72. The monoisotopic (exact) mass is 949 g/mol. The maximum absolute atomic E-state index is 14.2. The number of nitrogens with one attached hydrogen (secondary N) is 8. The number of rotatable bonds is 33. The molecule has 0 saturated carbocycles. The first-order valence-corrected chi connectivity index (χ1v) is 22.5. The van der Waals surface area contributed by atoms with Crippen LogP contribution in [-0.4, -0.2) is 130 Å². The number of nitrogens with two attached hydrogens (primary N) is 2. The molecule has 0 spiro atoms. The number of aliphatic carboxylic acids is 2. The predicted molar refractivity (Wildman–Crippen MR) is 243 cm³/mol. The molecule has 0 bridgehead atoms. The largest absolute Gasteiger partial charge is 0.481 e. The molecule has 0 aliphatic rings. The molecule has 0 fully saturated rings. The summed E-state index contributed by atoms with van der Waals surface area (Å²) in [6.45, 7) is 10.1. The van der Waals surface area contributed by atoms with E-state index in [1.54, 1.807) is 77.4 Å². The molecule has 376 valence electrons. The molecule has 23 heteroatoms. The van der Waals surface area contributed by atoms with Crippen molar-refractivity contribution >= 4 is 59.2 Å². The van der Waals surface area contributed by atoms with Crippen molar-refractivity contribution in [2.24, 2.45) is 29.2 Å². The Morgan fingerprint density at radius 3 is 1.57 bits per heavy atom. The lowest BCUT2D eigenvalue weighted by Crippen LogP contribution is -2.61. The molecule has 1 aromatic rings. The molecule has 1 rings (SSSR count). The van der Waals surface area contributed by atoms with E-state index in [1.165, 1.54) is 0 Å². The van der Waals surface area contributed by atoms with E-state index in [4.69, 9.17) is 16.7 Å². The van der Waals surface area contributed by atoms with Crippen molar-refractivity contribution in [1.82, 2.24) is 42.7 Å². The van der Waals surface area contributed by atoms with Crippen molar-refractivity contribution in [3.05, 3.63) is 35.9 Å². The second kappa shape index (κ2) is 30.9. The Labute approximate surface area is 390 Å². The Bertz CT molecular complexity index is 1820. The number of benzene rings is 1. The minimum absolute atomic E-state index is 0.0149. The summed E-state index contributed by atoms with van der Waals surface area (Å²) in [4.78, 5) is 131. The highest BCUT2D eigenvalue weighted by atomic mass is 16.5.